The summed E-state index contributed by atoms with van der Waals surface area (Å²) in [5.41, 5.74) is 0. The van der Waals surface area contributed by atoms with Gasteiger partial charge in [-0.25, -0.2) is 4.79 Å². The summed E-state index contributed by atoms with van der Waals surface area (Å²) in [4.78, 5) is 10.7. The van der Waals surface area contributed by atoms with E-state index >= 15 is 0 Å². The van der Waals surface area contributed by atoms with Crippen LogP contribution in [0.1, 0.15) is 0 Å². The number of rotatable bonds is 8. The van der Waals surface area contributed by atoms with Gasteiger partial charge in [-0.15, -0.1) is 0 Å². The first kappa shape index (κ1) is 21.1. The molecule has 1 heterocycles. The van der Waals surface area contributed by atoms with Crippen molar-refractivity contribution in [1.82, 2.24) is 0 Å². The van der Waals surface area contributed by atoms with E-state index in [0.29, 0.717) is 0 Å². The molecule has 0 aliphatic carbocycles. The zero-order valence-corrected chi connectivity index (χ0v) is 12.4. The maximum absolute atomic E-state index is 10.7. The molecule has 0 radical (unpaired) electrons. The molecule has 0 bridgehead atoms. The maximum Gasteiger partial charge on any atom is 0.335 e. The van der Waals surface area contributed by atoms with Crippen molar-refractivity contribution in [3.8, 4) is 0 Å². The molecule has 1 aliphatic rings. The SMILES string of the molecule is O=C(O)[C@@H](O)[C@@H](O)[C@H](O[C@@H]1O[C@@H](CO)[C@@H](O)[C@H](O)[C@H]1O)[C@H](O)CO. The van der Waals surface area contributed by atoms with Gasteiger partial charge in [0.25, 0.3) is 0 Å². The fourth-order valence-corrected chi connectivity index (χ4v) is 2.16. The highest BCUT2D eigenvalue weighted by atomic mass is 16.7. The Balaban J connectivity index is 2.94. The highest BCUT2D eigenvalue weighted by Gasteiger charge is 2.47. The minimum atomic E-state index is -2.39. The van der Waals surface area contributed by atoms with E-state index in [2.05, 4.69) is 0 Å². The molecule has 0 amide bonds. The lowest BCUT2D eigenvalue weighted by Crippen LogP contribution is -2.61. The van der Waals surface area contributed by atoms with Crippen LogP contribution in [0, 0.1) is 0 Å². The molecular weight excluding hydrogens is 336 g/mol. The quantitative estimate of drug-likeness (QED) is 0.198. The Morgan fingerprint density at radius 1 is 1.04 bits per heavy atom. The van der Waals surface area contributed by atoms with Crippen LogP contribution in [0.2, 0.25) is 0 Å². The number of aliphatic hydroxyl groups excluding tert-OH is 8. The van der Waals surface area contributed by atoms with Gasteiger partial charge < -0.3 is 55.4 Å². The highest BCUT2D eigenvalue weighted by molar-refractivity contribution is 5.72. The second-order valence-electron chi connectivity index (χ2n) is 5.32. The Morgan fingerprint density at radius 2 is 1.62 bits per heavy atom. The maximum atomic E-state index is 10.7. The molecule has 9 N–H and O–H groups in total. The third-order valence-electron chi connectivity index (χ3n) is 3.62. The summed E-state index contributed by atoms with van der Waals surface area (Å²) >= 11 is 0. The van der Waals surface area contributed by atoms with Gasteiger partial charge >= 0.3 is 5.97 Å². The van der Waals surface area contributed by atoms with Crippen molar-refractivity contribution in [2.24, 2.45) is 0 Å². The Hall–Kier alpha value is -0.930. The Kier molecular flexibility index (Phi) is 7.88. The van der Waals surface area contributed by atoms with E-state index in [1.165, 1.54) is 0 Å². The Labute approximate surface area is 135 Å². The summed E-state index contributed by atoms with van der Waals surface area (Å²) in [7, 11) is 0. The Morgan fingerprint density at radius 3 is 2.08 bits per heavy atom. The zero-order valence-electron chi connectivity index (χ0n) is 12.4. The number of carboxylic acids is 1. The van der Waals surface area contributed by atoms with Crippen molar-refractivity contribution in [2.75, 3.05) is 13.2 Å². The molecule has 9 atom stereocenters. The fourth-order valence-electron chi connectivity index (χ4n) is 2.16. The molecule has 0 aromatic heterocycles. The highest BCUT2D eigenvalue weighted by Crippen LogP contribution is 2.24. The molecule has 0 spiro atoms. The predicted octanol–water partition coefficient (Wildman–Crippen LogP) is -5.67. The first-order valence-corrected chi connectivity index (χ1v) is 6.99. The van der Waals surface area contributed by atoms with Crippen molar-refractivity contribution >= 4 is 5.97 Å². The van der Waals surface area contributed by atoms with Crippen LogP contribution in [0.5, 0.6) is 0 Å². The number of carbonyl (C=O) groups is 1. The third kappa shape index (κ3) is 4.58. The predicted molar refractivity (Wildman–Crippen MR) is 71.4 cm³/mol. The largest absolute Gasteiger partial charge is 0.479 e. The van der Waals surface area contributed by atoms with E-state index in [-0.39, 0.29) is 0 Å². The van der Waals surface area contributed by atoms with Crippen LogP contribution in [-0.4, -0.2) is 120 Å². The van der Waals surface area contributed by atoms with Gasteiger partial charge in [-0.3, -0.25) is 0 Å². The molecule has 12 nitrogen and oxygen atoms in total. The summed E-state index contributed by atoms with van der Waals surface area (Å²) in [5.74, 6) is -1.84. The standard InChI is InChI=1S/C12H22O12/c13-1-3(15)10(7(18)8(19)11(21)22)24-12-9(20)6(17)5(16)4(2-14)23-12/h3-10,12-20H,1-2H2,(H,21,22)/t3-,4+,5-,6+,7-,8+,9-,10-,12+/m1/s1. The second-order valence-corrected chi connectivity index (χ2v) is 5.32. The van der Waals surface area contributed by atoms with Crippen LogP contribution in [0.25, 0.3) is 0 Å². The third-order valence-corrected chi connectivity index (χ3v) is 3.62. The van der Waals surface area contributed by atoms with E-state index in [4.69, 9.17) is 24.8 Å². The summed E-state index contributed by atoms with van der Waals surface area (Å²) < 4.78 is 9.98. The van der Waals surface area contributed by atoms with E-state index in [0.717, 1.165) is 0 Å². The summed E-state index contributed by atoms with van der Waals surface area (Å²) in [6.07, 6.45) is -16.9. The average Bonchev–Trinajstić information content (AvgIpc) is 2.57. The topological polar surface area (TPSA) is 218 Å². The zero-order chi connectivity index (χ0) is 18.6. The number of hydrogen-bond acceptors (Lipinski definition) is 11. The molecule has 1 fully saturated rings. The van der Waals surface area contributed by atoms with Gasteiger partial charge in [0, 0.05) is 0 Å². The molecule has 24 heavy (non-hydrogen) atoms. The Bertz CT molecular complexity index is 403. The summed E-state index contributed by atoms with van der Waals surface area (Å²) in [5, 5.41) is 84.5. The number of aliphatic hydroxyl groups is 8. The van der Waals surface area contributed by atoms with Crippen LogP contribution >= 0.6 is 0 Å². The minimum absolute atomic E-state index is 0.766. The molecule has 1 aliphatic heterocycles. The van der Waals surface area contributed by atoms with Crippen molar-refractivity contribution in [3.05, 3.63) is 0 Å². The van der Waals surface area contributed by atoms with Crippen molar-refractivity contribution in [2.45, 2.75) is 55.1 Å². The van der Waals surface area contributed by atoms with Crippen molar-refractivity contribution in [3.63, 3.8) is 0 Å². The summed E-state index contributed by atoms with van der Waals surface area (Å²) in [6.45, 7) is -1.76. The number of hydrogen-bond donors (Lipinski definition) is 9. The van der Waals surface area contributed by atoms with Crippen LogP contribution in [0.3, 0.4) is 0 Å². The van der Waals surface area contributed by atoms with Crippen LogP contribution in [-0.2, 0) is 14.3 Å². The smallest absolute Gasteiger partial charge is 0.335 e. The fraction of sp³-hybridized carbons (Fsp3) is 0.917. The average molecular weight is 358 g/mol. The van der Waals surface area contributed by atoms with E-state index in [9.17, 15) is 35.4 Å². The number of ether oxygens (including phenoxy) is 2. The second kappa shape index (κ2) is 8.96. The lowest BCUT2D eigenvalue weighted by molar-refractivity contribution is -0.326. The van der Waals surface area contributed by atoms with Gasteiger partial charge in [-0.05, 0) is 0 Å². The van der Waals surface area contributed by atoms with Crippen LogP contribution in [0.15, 0.2) is 0 Å². The lowest BCUT2D eigenvalue weighted by atomic mass is 9.98. The first-order chi connectivity index (χ1) is 11.1. The lowest BCUT2D eigenvalue weighted by Gasteiger charge is -2.42. The molecule has 1 rings (SSSR count). The molecule has 0 saturated carbocycles. The molecule has 1 saturated heterocycles. The first-order valence-electron chi connectivity index (χ1n) is 6.99. The summed E-state index contributed by atoms with van der Waals surface area (Å²) in [6, 6.07) is 0. The number of carboxylic acid groups (broad SMARTS) is 1. The van der Waals surface area contributed by atoms with Gasteiger partial charge in [0.2, 0.25) is 0 Å². The van der Waals surface area contributed by atoms with Gasteiger partial charge in [0.1, 0.15) is 42.7 Å². The normalized spacial score (nSPS) is 35.9. The molecule has 0 aromatic carbocycles. The van der Waals surface area contributed by atoms with E-state index < -0.39 is 74.3 Å². The van der Waals surface area contributed by atoms with Crippen molar-refractivity contribution in [1.29, 1.82) is 0 Å². The van der Waals surface area contributed by atoms with Gasteiger partial charge in [-0.2, -0.15) is 0 Å². The van der Waals surface area contributed by atoms with E-state index in [1.807, 2.05) is 0 Å². The molecular formula is C12H22O12. The van der Waals surface area contributed by atoms with Gasteiger partial charge in [0.05, 0.1) is 13.2 Å². The molecule has 0 unspecified atom stereocenters. The van der Waals surface area contributed by atoms with Crippen LogP contribution in [0.4, 0.5) is 0 Å². The minimum Gasteiger partial charge on any atom is -0.479 e. The molecule has 142 valence electrons. The van der Waals surface area contributed by atoms with Crippen molar-refractivity contribution < 1.29 is 60.2 Å². The van der Waals surface area contributed by atoms with Gasteiger partial charge in [-0.1, -0.05) is 0 Å². The van der Waals surface area contributed by atoms with Gasteiger partial charge in [0.15, 0.2) is 12.4 Å². The van der Waals surface area contributed by atoms with E-state index in [1.54, 1.807) is 0 Å². The number of aliphatic carboxylic acids is 1. The van der Waals surface area contributed by atoms with Crippen LogP contribution < -0.4 is 0 Å². The molecule has 12 heteroatoms. The molecule has 0 aromatic rings. The monoisotopic (exact) mass is 358 g/mol.